The molecule has 4 nitrogen and oxygen atoms in total. The molecule has 0 unspecified atom stereocenters. The first-order valence-electron chi connectivity index (χ1n) is 8.62. The fourth-order valence-electron chi connectivity index (χ4n) is 3.21. The molecule has 1 saturated heterocycles. The maximum atomic E-state index is 13.1. The van der Waals surface area contributed by atoms with Gasteiger partial charge in [-0.2, -0.15) is 4.31 Å². The lowest BCUT2D eigenvalue weighted by Crippen LogP contribution is -2.48. The molecule has 1 heterocycles. The Hall–Kier alpha value is -0.820. The molecule has 3 rings (SSSR count). The van der Waals surface area contributed by atoms with Crippen LogP contribution in [0.4, 0.5) is 0 Å². The van der Waals surface area contributed by atoms with Crippen molar-refractivity contribution in [2.24, 2.45) is 0 Å². The zero-order valence-corrected chi connectivity index (χ0v) is 18.3. The van der Waals surface area contributed by atoms with Gasteiger partial charge in [-0.05, 0) is 49.2 Å². The van der Waals surface area contributed by atoms with Crippen LogP contribution in [0.3, 0.4) is 0 Å². The molecule has 0 bridgehead atoms. The Balaban J connectivity index is 1.73. The number of halogens is 3. The van der Waals surface area contributed by atoms with Crippen molar-refractivity contribution in [3.63, 3.8) is 0 Å². The van der Waals surface area contributed by atoms with E-state index in [0.717, 1.165) is 11.1 Å². The van der Waals surface area contributed by atoms with E-state index in [2.05, 4.69) is 4.90 Å². The molecule has 27 heavy (non-hydrogen) atoms. The van der Waals surface area contributed by atoms with Crippen LogP contribution in [0.25, 0.3) is 0 Å². The molecular formula is C19H21Cl3N2O2S. The topological polar surface area (TPSA) is 40.6 Å². The number of sulfonamides is 1. The quantitative estimate of drug-likeness (QED) is 0.678. The van der Waals surface area contributed by atoms with Crippen LogP contribution in [-0.2, 0) is 16.6 Å². The summed E-state index contributed by atoms with van der Waals surface area (Å²) in [7, 11) is -3.55. The first-order chi connectivity index (χ1) is 12.7. The smallest absolute Gasteiger partial charge is 0.243 e. The summed E-state index contributed by atoms with van der Waals surface area (Å²) in [6.45, 7) is 6.27. The summed E-state index contributed by atoms with van der Waals surface area (Å²) in [5.41, 5.74) is 2.30. The van der Waals surface area contributed by atoms with Gasteiger partial charge in [0.05, 0.1) is 4.90 Å². The normalized spacial score (nSPS) is 16.6. The van der Waals surface area contributed by atoms with Crippen LogP contribution in [0.15, 0.2) is 35.2 Å². The molecular weight excluding hydrogens is 427 g/mol. The molecule has 8 heteroatoms. The van der Waals surface area contributed by atoms with E-state index in [1.165, 1.54) is 4.31 Å². The van der Waals surface area contributed by atoms with Crippen molar-refractivity contribution in [2.75, 3.05) is 26.2 Å². The lowest BCUT2D eigenvalue weighted by atomic mass is 10.2. The molecule has 1 aliphatic heterocycles. The van der Waals surface area contributed by atoms with Gasteiger partial charge in [-0.1, -0.05) is 40.9 Å². The molecule has 0 aromatic heterocycles. The third-order valence-corrected chi connectivity index (χ3v) is 8.00. The molecule has 0 amide bonds. The zero-order valence-electron chi connectivity index (χ0n) is 15.2. The number of hydrogen-bond donors (Lipinski definition) is 0. The minimum absolute atomic E-state index is 0.326. The second-order valence-electron chi connectivity index (χ2n) is 6.75. The molecule has 146 valence electrons. The Morgan fingerprint density at radius 2 is 1.48 bits per heavy atom. The Bertz CT molecular complexity index is 935. The Labute approximate surface area is 175 Å². The largest absolute Gasteiger partial charge is 0.296 e. The number of rotatable bonds is 4. The van der Waals surface area contributed by atoms with Gasteiger partial charge in [0.15, 0.2) is 0 Å². The van der Waals surface area contributed by atoms with Gasteiger partial charge in [0.2, 0.25) is 10.0 Å². The summed E-state index contributed by atoms with van der Waals surface area (Å²) in [4.78, 5) is 2.49. The van der Waals surface area contributed by atoms with Gasteiger partial charge in [0, 0.05) is 53.4 Å². The summed E-state index contributed by atoms with van der Waals surface area (Å²) >= 11 is 18.6. The average molecular weight is 448 g/mol. The number of aryl methyl sites for hydroxylation is 2. The third-order valence-electron chi connectivity index (χ3n) is 4.85. The highest BCUT2D eigenvalue weighted by atomic mass is 35.5. The van der Waals surface area contributed by atoms with Gasteiger partial charge in [-0.25, -0.2) is 8.42 Å². The van der Waals surface area contributed by atoms with Crippen LogP contribution in [-0.4, -0.2) is 43.8 Å². The van der Waals surface area contributed by atoms with Crippen molar-refractivity contribution in [3.8, 4) is 0 Å². The summed E-state index contributed by atoms with van der Waals surface area (Å²) in [5.74, 6) is 0. The summed E-state index contributed by atoms with van der Waals surface area (Å²) in [5, 5.41) is 1.84. The highest BCUT2D eigenvalue weighted by molar-refractivity contribution is 7.89. The van der Waals surface area contributed by atoms with Crippen molar-refractivity contribution in [3.05, 3.63) is 62.1 Å². The lowest BCUT2D eigenvalue weighted by molar-refractivity contribution is 0.181. The molecule has 0 atom stereocenters. The molecule has 2 aromatic rings. The summed E-state index contributed by atoms with van der Waals surface area (Å²) in [6.07, 6.45) is 0. The van der Waals surface area contributed by atoms with E-state index in [-0.39, 0.29) is 0 Å². The zero-order chi connectivity index (χ0) is 19.8. The fourth-order valence-corrected chi connectivity index (χ4v) is 5.66. The van der Waals surface area contributed by atoms with Crippen LogP contribution in [0, 0.1) is 13.8 Å². The highest BCUT2D eigenvalue weighted by Gasteiger charge is 2.30. The molecule has 1 aliphatic rings. The van der Waals surface area contributed by atoms with E-state index in [4.69, 9.17) is 34.8 Å². The van der Waals surface area contributed by atoms with Crippen LogP contribution in [0.2, 0.25) is 15.1 Å². The van der Waals surface area contributed by atoms with Crippen LogP contribution >= 0.6 is 34.8 Å². The summed E-state index contributed by atoms with van der Waals surface area (Å²) in [6, 6.07) is 8.81. The highest BCUT2D eigenvalue weighted by Crippen LogP contribution is 2.29. The van der Waals surface area contributed by atoms with Gasteiger partial charge in [0.25, 0.3) is 0 Å². The summed E-state index contributed by atoms with van der Waals surface area (Å²) < 4.78 is 27.7. The van der Waals surface area contributed by atoms with E-state index in [1.54, 1.807) is 19.1 Å². The van der Waals surface area contributed by atoms with Gasteiger partial charge < -0.3 is 0 Å². The van der Waals surface area contributed by atoms with Gasteiger partial charge in [-0.15, -0.1) is 0 Å². The lowest BCUT2D eigenvalue weighted by Gasteiger charge is -2.34. The van der Waals surface area contributed by atoms with Crippen molar-refractivity contribution >= 4 is 44.8 Å². The number of benzene rings is 2. The van der Waals surface area contributed by atoms with Crippen LogP contribution < -0.4 is 0 Å². The van der Waals surface area contributed by atoms with E-state index in [9.17, 15) is 8.42 Å². The van der Waals surface area contributed by atoms with E-state index in [1.807, 2.05) is 25.1 Å². The van der Waals surface area contributed by atoms with Crippen molar-refractivity contribution in [2.45, 2.75) is 25.3 Å². The van der Waals surface area contributed by atoms with Crippen molar-refractivity contribution < 1.29 is 8.42 Å². The predicted molar refractivity (Wildman–Crippen MR) is 111 cm³/mol. The molecule has 0 saturated carbocycles. The van der Waals surface area contributed by atoms with E-state index < -0.39 is 10.0 Å². The monoisotopic (exact) mass is 446 g/mol. The van der Waals surface area contributed by atoms with Crippen molar-refractivity contribution in [1.29, 1.82) is 0 Å². The van der Waals surface area contributed by atoms with Gasteiger partial charge in [-0.3, -0.25) is 4.90 Å². The average Bonchev–Trinajstić information content (AvgIpc) is 2.61. The first-order valence-corrected chi connectivity index (χ1v) is 11.2. The van der Waals surface area contributed by atoms with Gasteiger partial charge in [0.1, 0.15) is 0 Å². The number of nitrogens with zero attached hydrogens (tertiary/aromatic N) is 2. The number of piperazine rings is 1. The second kappa shape index (κ2) is 8.27. The van der Waals surface area contributed by atoms with Gasteiger partial charge >= 0.3 is 0 Å². The molecule has 2 aromatic carbocycles. The Morgan fingerprint density at radius 1 is 0.889 bits per heavy atom. The van der Waals surface area contributed by atoms with E-state index in [0.29, 0.717) is 58.3 Å². The maximum absolute atomic E-state index is 13.1. The van der Waals surface area contributed by atoms with Crippen molar-refractivity contribution in [1.82, 2.24) is 9.21 Å². The molecule has 1 fully saturated rings. The third kappa shape index (κ3) is 4.44. The minimum Gasteiger partial charge on any atom is -0.296 e. The molecule has 0 aliphatic carbocycles. The minimum atomic E-state index is -3.55. The standard InChI is InChI=1S/C19H21Cl3N2O2S/c1-13-11-19(14(2)10-18(13)22)27(25,26)24-8-6-23(7-9-24)12-15-16(20)4-3-5-17(15)21/h3-5,10-11H,6-9,12H2,1-2H3. The van der Waals surface area contributed by atoms with Crippen LogP contribution in [0.1, 0.15) is 16.7 Å². The molecule has 0 N–H and O–H groups in total. The Kier molecular flexibility index (Phi) is 6.41. The fraction of sp³-hybridized carbons (Fsp3) is 0.368. The Morgan fingerprint density at radius 3 is 2.07 bits per heavy atom. The first kappa shape index (κ1) is 20.9. The molecule has 0 radical (unpaired) electrons. The van der Waals surface area contributed by atoms with E-state index >= 15 is 0 Å². The second-order valence-corrected chi connectivity index (χ2v) is 9.88. The SMILES string of the molecule is Cc1cc(S(=O)(=O)N2CCN(Cc3c(Cl)cccc3Cl)CC2)c(C)cc1Cl. The predicted octanol–water partition coefficient (Wildman–Crippen LogP) is 4.77. The number of hydrogen-bond acceptors (Lipinski definition) is 3. The van der Waals surface area contributed by atoms with Crippen LogP contribution in [0.5, 0.6) is 0 Å². The maximum Gasteiger partial charge on any atom is 0.243 e. The molecule has 0 spiro atoms.